The molecule has 0 saturated heterocycles. The zero-order valence-electron chi connectivity index (χ0n) is 19.2. The summed E-state index contributed by atoms with van der Waals surface area (Å²) in [6, 6.07) is 11.2. The fourth-order valence-corrected chi connectivity index (χ4v) is 3.95. The summed E-state index contributed by atoms with van der Waals surface area (Å²) in [5.74, 6) is 0.0410. The van der Waals surface area contributed by atoms with E-state index >= 15 is 0 Å². The Morgan fingerprint density at radius 3 is 2.44 bits per heavy atom. The van der Waals surface area contributed by atoms with Crippen LogP contribution in [-0.4, -0.2) is 55.7 Å². The fourth-order valence-electron chi connectivity index (χ4n) is 3.69. The number of nitrogens with zero attached hydrogens (tertiary/aromatic N) is 4. The van der Waals surface area contributed by atoms with E-state index in [-0.39, 0.29) is 51.3 Å². The maximum absolute atomic E-state index is 12.9. The fraction of sp³-hybridized carbons (Fsp3) is 0.261. The van der Waals surface area contributed by atoms with E-state index in [0.29, 0.717) is 39.4 Å². The predicted octanol–water partition coefficient (Wildman–Crippen LogP) is 5.97. The molecule has 0 atom stereocenters. The molecule has 171 valence electrons. The van der Waals surface area contributed by atoms with Crippen molar-refractivity contribution >= 4 is 52.2 Å². The number of hydrogen-bond acceptors (Lipinski definition) is 4. The minimum atomic E-state index is -4.83. The van der Waals surface area contributed by atoms with Crippen molar-refractivity contribution in [1.29, 1.82) is 5.26 Å². The number of alkyl halides is 3. The standard InChI is InChI=1S/C23H19ClF3N5O.Na/c1-22(2,3)20-14(11-28)19(32(4)31-20)21-29-16-10-12(9-15(24)18(16)30-21)13-7-5-6-8-17(13)33-23(25,26)27;/h5-10H,1-4H3,(H,29,30);. The second kappa shape index (κ2) is 9.27. The molecule has 0 aliphatic heterocycles. The van der Waals surface area contributed by atoms with Gasteiger partial charge in [0, 0.05) is 47.6 Å². The van der Waals surface area contributed by atoms with Gasteiger partial charge in [0.05, 0.1) is 16.2 Å². The minimum absolute atomic E-state index is 0. The summed E-state index contributed by atoms with van der Waals surface area (Å²) in [7, 11) is 1.72. The smallest absolute Gasteiger partial charge is 0.405 e. The van der Waals surface area contributed by atoms with Crippen LogP contribution in [0.3, 0.4) is 0 Å². The van der Waals surface area contributed by atoms with Crippen LogP contribution < -0.4 is 4.74 Å². The average molecular weight is 497 g/mol. The van der Waals surface area contributed by atoms with Gasteiger partial charge in [-0.05, 0) is 23.8 Å². The van der Waals surface area contributed by atoms with Crippen LogP contribution in [0.15, 0.2) is 36.4 Å². The Labute approximate surface area is 221 Å². The Bertz CT molecular complexity index is 1410. The van der Waals surface area contributed by atoms with E-state index in [1.165, 1.54) is 24.3 Å². The summed E-state index contributed by atoms with van der Waals surface area (Å²) < 4.78 is 44.3. The van der Waals surface area contributed by atoms with Gasteiger partial charge in [-0.15, -0.1) is 13.2 Å². The molecule has 0 unspecified atom stereocenters. The molecule has 2 aromatic heterocycles. The van der Waals surface area contributed by atoms with E-state index in [2.05, 4.69) is 25.9 Å². The molecule has 1 N–H and O–H groups in total. The third kappa shape index (κ3) is 4.96. The molecule has 2 aromatic carbocycles. The molecule has 0 amide bonds. The first-order chi connectivity index (χ1) is 15.4. The van der Waals surface area contributed by atoms with Gasteiger partial charge in [0.1, 0.15) is 28.6 Å². The van der Waals surface area contributed by atoms with Crippen molar-refractivity contribution in [2.75, 3.05) is 0 Å². The Balaban J connectivity index is 0.00000324. The van der Waals surface area contributed by atoms with Crippen molar-refractivity contribution in [1.82, 2.24) is 19.7 Å². The number of para-hydroxylation sites is 1. The summed E-state index contributed by atoms with van der Waals surface area (Å²) in [6.07, 6.45) is -4.83. The van der Waals surface area contributed by atoms with Gasteiger partial charge in [-0.25, -0.2) is 4.98 Å². The SMILES string of the molecule is Cn1nc(C(C)(C)C)c(C#N)c1-c1nc2c(Cl)cc(-c3ccccc3OC(F)(F)F)cc2[nH]1.[Na]. The number of aromatic nitrogens is 4. The van der Waals surface area contributed by atoms with Gasteiger partial charge in [0.25, 0.3) is 0 Å². The average Bonchev–Trinajstić information content (AvgIpc) is 3.27. The molecule has 0 fully saturated rings. The molecule has 0 spiro atoms. The van der Waals surface area contributed by atoms with Crippen molar-refractivity contribution in [2.45, 2.75) is 32.5 Å². The molecule has 0 saturated carbocycles. The zero-order chi connectivity index (χ0) is 24.1. The summed E-state index contributed by atoms with van der Waals surface area (Å²) in [5, 5.41) is 14.6. The molecule has 4 rings (SSSR count). The van der Waals surface area contributed by atoms with Crippen molar-refractivity contribution < 1.29 is 17.9 Å². The van der Waals surface area contributed by atoms with Crippen LogP contribution in [0.25, 0.3) is 33.7 Å². The molecular weight excluding hydrogens is 478 g/mol. The molecule has 0 aliphatic rings. The number of benzene rings is 2. The second-order valence-corrected chi connectivity index (χ2v) is 8.95. The number of aryl methyl sites for hydroxylation is 1. The van der Waals surface area contributed by atoms with Crippen molar-refractivity contribution in [3.63, 3.8) is 0 Å². The van der Waals surface area contributed by atoms with E-state index in [4.69, 9.17) is 11.6 Å². The quantitative estimate of drug-likeness (QED) is 0.354. The van der Waals surface area contributed by atoms with E-state index in [9.17, 15) is 18.4 Å². The third-order valence-corrected chi connectivity index (χ3v) is 5.35. The largest absolute Gasteiger partial charge is 0.573 e. The normalized spacial score (nSPS) is 11.9. The number of halogens is 4. The summed E-state index contributed by atoms with van der Waals surface area (Å²) in [5.41, 5.74) is 2.73. The van der Waals surface area contributed by atoms with Crippen LogP contribution in [0.2, 0.25) is 5.02 Å². The number of imidazole rings is 1. The summed E-state index contributed by atoms with van der Waals surface area (Å²) in [6.45, 7) is 5.88. The number of nitriles is 1. The van der Waals surface area contributed by atoms with Crippen LogP contribution in [0.5, 0.6) is 5.75 Å². The molecule has 11 heteroatoms. The van der Waals surface area contributed by atoms with Gasteiger partial charge in [-0.1, -0.05) is 50.6 Å². The van der Waals surface area contributed by atoms with Crippen molar-refractivity contribution in [3.05, 3.63) is 52.7 Å². The summed E-state index contributed by atoms with van der Waals surface area (Å²) in [4.78, 5) is 7.69. The number of nitrogens with one attached hydrogen (secondary N) is 1. The summed E-state index contributed by atoms with van der Waals surface area (Å²) >= 11 is 6.46. The molecule has 6 nitrogen and oxygen atoms in total. The number of fused-ring (bicyclic) bond motifs is 1. The maximum Gasteiger partial charge on any atom is 0.573 e. The Morgan fingerprint density at radius 2 is 1.82 bits per heavy atom. The van der Waals surface area contributed by atoms with Gasteiger partial charge >= 0.3 is 6.36 Å². The molecular formula is C23H19ClF3N5NaO. The number of H-pyrrole nitrogens is 1. The Kier molecular flexibility index (Phi) is 7.11. The first-order valence-corrected chi connectivity index (χ1v) is 10.3. The van der Waals surface area contributed by atoms with Crippen LogP contribution in [0.4, 0.5) is 13.2 Å². The topological polar surface area (TPSA) is 79.5 Å². The third-order valence-electron chi connectivity index (χ3n) is 5.06. The predicted molar refractivity (Wildman–Crippen MR) is 125 cm³/mol. The van der Waals surface area contributed by atoms with Crippen molar-refractivity contribution in [2.24, 2.45) is 7.05 Å². The molecule has 0 bridgehead atoms. The molecule has 34 heavy (non-hydrogen) atoms. The van der Waals surface area contributed by atoms with E-state index in [1.54, 1.807) is 23.9 Å². The van der Waals surface area contributed by atoms with E-state index in [0.717, 1.165) is 0 Å². The van der Waals surface area contributed by atoms with Crippen LogP contribution in [-0.2, 0) is 12.5 Å². The number of rotatable bonds is 3. The Hall–Kier alpha value is -2.51. The monoisotopic (exact) mass is 496 g/mol. The molecule has 2 heterocycles. The van der Waals surface area contributed by atoms with Crippen LogP contribution in [0.1, 0.15) is 32.0 Å². The number of ether oxygens (including phenoxy) is 1. The second-order valence-electron chi connectivity index (χ2n) is 8.54. The van der Waals surface area contributed by atoms with E-state index < -0.39 is 6.36 Å². The van der Waals surface area contributed by atoms with E-state index in [1.807, 2.05) is 20.8 Å². The van der Waals surface area contributed by atoms with Gasteiger partial charge in [-0.2, -0.15) is 10.4 Å². The van der Waals surface area contributed by atoms with Gasteiger partial charge < -0.3 is 9.72 Å². The maximum atomic E-state index is 12.9. The van der Waals surface area contributed by atoms with Crippen molar-refractivity contribution in [3.8, 4) is 34.5 Å². The van der Waals surface area contributed by atoms with Crippen LogP contribution >= 0.6 is 11.6 Å². The van der Waals surface area contributed by atoms with Gasteiger partial charge in [-0.3, -0.25) is 4.68 Å². The van der Waals surface area contributed by atoms with Gasteiger partial charge in [0.2, 0.25) is 0 Å². The Morgan fingerprint density at radius 1 is 1.15 bits per heavy atom. The number of hydrogen-bond donors (Lipinski definition) is 1. The van der Waals surface area contributed by atoms with Crippen LogP contribution in [0, 0.1) is 11.3 Å². The van der Waals surface area contributed by atoms with Gasteiger partial charge in [0.15, 0.2) is 5.82 Å². The zero-order valence-corrected chi connectivity index (χ0v) is 21.9. The first-order valence-electron chi connectivity index (χ1n) is 9.91. The molecule has 4 aromatic rings. The minimum Gasteiger partial charge on any atom is -0.405 e. The molecule has 0 aliphatic carbocycles. The molecule has 1 radical (unpaired) electrons. The first kappa shape index (κ1) is 26.1. The number of aromatic amines is 1.